The molecule has 0 saturated heterocycles. The van der Waals surface area contributed by atoms with Crippen LogP contribution in [0.1, 0.15) is 79.1 Å². The highest BCUT2D eigenvalue weighted by atomic mass is 16.5. The maximum atomic E-state index is 12.8. The van der Waals surface area contributed by atoms with Crippen molar-refractivity contribution in [2.45, 2.75) is 85.1 Å². The van der Waals surface area contributed by atoms with E-state index < -0.39 is 17.9 Å². The van der Waals surface area contributed by atoms with E-state index in [4.69, 9.17) is 4.74 Å². The Morgan fingerprint density at radius 3 is 1.94 bits per heavy atom. The molecule has 1 unspecified atom stereocenters. The molecular formula is C25H46N4O6. The number of Topliss-reactive ketones (excluding diaryl/α,β-unsaturated/α-hetero) is 2. The van der Waals surface area contributed by atoms with Gasteiger partial charge in [0.2, 0.25) is 17.7 Å². The number of hydrogen-bond acceptors (Lipinski definition) is 7. The second-order valence-electron chi connectivity index (χ2n) is 8.89. The van der Waals surface area contributed by atoms with E-state index in [1.54, 1.807) is 0 Å². The van der Waals surface area contributed by atoms with Crippen molar-refractivity contribution in [2.75, 3.05) is 45.9 Å². The van der Waals surface area contributed by atoms with Gasteiger partial charge in [-0.15, -0.1) is 0 Å². The Kier molecular flexibility index (Phi) is 19.6. The highest BCUT2D eigenvalue weighted by molar-refractivity contribution is 5.92. The van der Waals surface area contributed by atoms with E-state index in [0.29, 0.717) is 26.3 Å². The lowest BCUT2D eigenvalue weighted by atomic mass is 10.1. The summed E-state index contributed by atoms with van der Waals surface area (Å²) in [7, 11) is 0. The van der Waals surface area contributed by atoms with E-state index in [2.05, 4.69) is 22.9 Å². The summed E-state index contributed by atoms with van der Waals surface area (Å²) in [5.74, 6) is -1.72. The van der Waals surface area contributed by atoms with Crippen molar-refractivity contribution in [1.29, 1.82) is 0 Å². The van der Waals surface area contributed by atoms with Crippen LogP contribution >= 0.6 is 0 Å². The molecule has 1 atom stereocenters. The number of nitrogens with zero attached hydrogens (tertiary/aromatic N) is 1. The summed E-state index contributed by atoms with van der Waals surface area (Å²) in [4.78, 5) is 62.1. The number of ketones is 2. The number of amides is 3. The van der Waals surface area contributed by atoms with E-state index in [1.807, 2.05) is 6.92 Å². The first-order valence-corrected chi connectivity index (χ1v) is 12.8. The quantitative estimate of drug-likeness (QED) is 0.192. The van der Waals surface area contributed by atoms with Gasteiger partial charge in [0.15, 0.2) is 0 Å². The Hall–Kier alpha value is -2.33. The van der Waals surface area contributed by atoms with Crippen LogP contribution < -0.4 is 16.0 Å². The number of carbonyl (C=O) groups is 5. The first kappa shape index (κ1) is 32.7. The molecule has 202 valence electrons. The lowest BCUT2D eigenvalue weighted by Crippen LogP contribution is -2.52. The van der Waals surface area contributed by atoms with Crippen LogP contribution in [0.2, 0.25) is 0 Å². The number of nitrogens with one attached hydrogen (secondary N) is 3. The fourth-order valence-corrected chi connectivity index (χ4v) is 3.46. The highest BCUT2D eigenvalue weighted by Crippen LogP contribution is 2.04. The normalized spacial score (nSPS) is 11.7. The summed E-state index contributed by atoms with van der Waals surface area (Å²) < 4.78 is 5.33. The van der Waals surface area contributed by atoms with Gasteiger partial charge >= 0.3 is 0 Å². The van der Waals surface area contributed by atoms with Crippen LogP contribution in [-0.4, -0.2) is 86.2 Å². The van der Waals surface area contributed by atoms with Crippen LogP contribution in [0.5, 0.6) is 0 Å². The van der Waals surface area contributed by atoms with Crippen molar-refractivity contribution in [2.24, 2.45) is 0 Å². The summed E-state index contributed by atoms with van der Waals surface area (Å²) in [5.41, 5.74) is 0. The van der Waals surface area contributed by atoms with Crippen molar-refractivity contribution in [1.82, 2.24) is 20.9 Å². The van der Waals surface area contributed by atoms with Crippen molar-refractivity contribution in [3.05, 3.63) is 0 Å². The lowest BCUT2D eigenvalue weighted by Gasteiger charge is -2.22. The minimum absolute atomic E-state index is 0.0554. The van der Waals surface area contributed by atoms with Crippen LogP contribution in [0.3, 0.4) is 0 Å². The third-order valence-electron chi connectivity index (χ3n) is 5.05. The number of ether oxygens (including phenoxy) is 1. The molecule has 0 radical (unpaired) electrons. The first-order valence-electron chi connectivity index (χ1n) is 12.8. The van der Waals surface area contributed by atoms with Crippen molar-refractivity contribution >= 4 is 29.3 Å². The Balaban J connectivity index is 4.90. The van der Waals surface area contributed by atoms with Crippen molar-refractivity contribution in [3.8, 4) is 0 Å². The highest BCUT2D eigenvalue weighted by Gasteiger charge is 2.25. The molecule has 0 rings (SSSR count). The summed E-state index contributed by atoms with van der Waals surface area (Å²) >= 11 is 0. The zero-order chi connectivity index (χ0) is 26.5. The Morgan fingerprint density at radius 2 is 1.34 bits per heavy atom. The van der Waals surface area contributed by atoms with Gasteiger partial charge < -0.3 is 20.7 Å². The molecule has 0 aliphatic carbocycles. The summed E-state index contributed by atoms with van der Waals surface area (Å²) in [6.07, 6.45) is 7.12. The fourth-order valence-electron chi connectivity index (χ4n) is 3.46. The second-order valence-corrected chi connectivity index (χ2v) is 8.89. The molecule has 3 N–H and O–H groups in total. The second kappa shape index (κ2) is 21.0. The third-order valence-corrected chi connectivity index (χ3v) is 5.05. The molecule has 10 nitrogen and oxygen atoms in total. The van der Waals surface area contributed by atoms with Gasteiger partial charge in [0.25, 0.3) is 0 Å². The minimum Gasteiger partial charge on any atom is -0.380 e. The molecule has 0 aromatic heterocycles. The van der Waals surface area contributed by atoms with Crippen LogP contribution in [-0.2, 0) is 28.7 Å². The molecule has 3 amide bonds. The molecule has 0 aromatic carbocycles. The first-order chi connectivity index (χ1) is 16.7. The molecule has 0 saturated carbocycles. The van der Waals surface area contributed by atoms with Gasteiger partial charge in [-0.05, 0) is 26.7 Å². The van der Waals surface area contributed by atoms with Crippen LogP contribution in [0.25, 0.3) is 0 Å². The number of unbranched alkanes of at least 4 members (excludes halogenated alkanes) is 5. The van der Waals surface area contributed by atoms with Crippen LogP contribution in [0.15, 0.2) is 0 Å². The summed E-state index contributed by atoms with van der Waals surface area (Å²) in [6.45, 7) is 8.29. The van der Waals surface area contributed by atoms with Gasteiger partial charge in [0, 0.05) is 19.7 Å². The van der Waals surface area contributed by atoms with E-state index in [0.717, 1.165) is 25.7 Å². The van der Waals surface area contributed by atoms with Gasteiger partial charge in [-0.3, -0.25) is 28.9 Å². The molecule has 0 bridgehead atoms. The largest absolute Gasteiger partial charge is 0.380 e. The van der Waals surface area contributed by atoms with Gasteiger partial charge in [0.1, 0.15) is 17.6 Å². The van der Waals surface area contributed by atoms with E-state index in [1.165, 1.54) is 38.0 Å². The minimum atomic E-state index is -1.06. The molecule has 0 aromatic rings. The lowest BCUT2D eigenvalue weighted by molar-refractivity contribution is -0.132. The molecule has 0 spiro atoms. The molecule has 0 heterocycles. The molecule has 0 fully saturated rings. The van der Waals surface area contributed by atoms with E-state index in [-0.39, 0.29) is 43.5 Å². The SMILES string of the molecule is CCCCCCCCNC(=O)C(CC(=O)NCCOCCC)NC(=O)CN(CC(C)=O)CC(C)=O. The molecule has 0 aliphatic heterocycles. The fraction of sp³-hybridized carbons (Fsp3) is 0.800. The third kappa shape index (κ3) is 19.6. The van der Waals surface area contributed by atoms with Gasteiger partial charge in [-0.25, -0.2) is 0 Å². The van der Waals surface area contributed by atoms with Crippen molar-refractivity contribution < 1.29 is 28.7 Å². The molecule has 10 heteroatoms. The topological polar surface area (TPSA) is 134 Å². The zero-order valence-electron chi connectivity index (χ0n) is 22.1. The van der Waals surface area contributed by atoms with Crippen LogP contribution in [0, 0.1) is 0 Å². The Morgan fingerprint density at radius 1 is 0.714 bits per heavy atom. The Bertz CT molecular complexity index is 640. The number of rotatable bonds is 22. The summed E-state index contributed by atoms with van der Waals surface area (Å²) in [6, 6.07) is -1.06. The van der Waals surface area contributed by atoms with Gasteiger partial charge in [0.05, 0.1) is 32.7 Å². The Labute approximate surface area is 210 Å². The van der Waals surface area contributed by atoms with Gasteiger partial charge in [-0.1, -0.05) is 46.0 Å². The molecule has 0 aliphatic rings. The maximum absolute atomic E-state index is 12.8. The maximum Gasteiger partial charge on any atom is 0.243 e. The summed E-state index contributed by atoms with van der Waals surface area (Å²) in [5, 5.41) is 8.10. The van der Waals surface area contributed by atoms with Crippen LogP contribution in [0.4, 0.5) is 0 Å². The standard InChI is InChI=1S/C25H46N4O6/c1-5-7-8-9-10-11-12-27-25(34)22(16-23(32)26-13-15-35-14-6-2)28-24(33)19-29(17-20(3)30)18-21(4)31/h22H,5-19H2,1-4H3,(H,26,32)(H,27,34)(H,28,33). The predicted octanol–water partition coefficient (Wildman–Crippen LogP) is 1.36. The van der Waals surface area contributed by atoms with Gasteiger partial charge in [-0.2, -0.15) is 0 Å². The number of carbonyl (C=O) groups excluding carboxylic acids is 5. The molecule has 35 heavy (non-hydrogen) atoms. The smallest absolute Gasteiger partial charge is 0.243 e. The van der Waals surface area contributed by atoms with E-state index in [9.17, 15) is 24.0 Å². The van der Waals surface area contributed by atoms with E-state index >= 15 is 0 Å². The zero-order valence-corrected chi connectivity index (χ0v) is 22.1. The monoisotopic (exact) mass is 498 g/mol. The van der Waals surface area contributed by atoms with Crippen molar-refractivity contribution in [3.63, 3.8) is 0 Å². The average Bonchev–Trinajstić information content (AvgIpc) is 2.76. The average molecular weight is 499 g/mol. The molecular weight excluding hydrogens is 452 g/mol. The number of hydrogen-bond donors (Lipinski definition) is 3. The predicted molar refractivity (Wildman–Crippen MR) is 135 cm³/mol.